The summed E-state index contributed by atoms with van der Waals surface area (Å²) in [6.07, 6.45) is 5.23. The third-order valence-electron chi connectivity index (χ3n) is 5.35. The van der Waals surface area contributed by atoms with Crippen molar-refractivity contribution < 1.29 is 9.59 Å². The van der Waals surface area contributed by atoms with Gasteiger partial charge in [0.25, 0.3) is 5.91 Å². The summed E-state index contributed by atoms with van der Waals surface area (Å²) in [5.41, 5.74) is -0.256. The molecule has 0 spiro atoms. The van der Waals surface area contributed by atoms with Crippen molar-refractivity contribution in [2.24, 2.45) is 5.92 Å². The van der Waals surface area contributed by atoms with Gasteiger partial charge in [0.15, 0.2) is 0 Å². The number of rotatable bonds is 5. The van der Waals surface area contributed by atoms with Crippen molar-refractivity contribution in [2.75, 3.05) is 26.2 Å². The molecule has 3 rings (SSSR count). The first kappa shape index (κ1) is 17.4. The Morgan fingerprint density at radius 3 is 2.88 bits per heavy atom. The van der Waals surface area contributed by atoms with E-state index in [1.807, 2.05) is 13.8 Å². The van der Waals surface area contributed by atoms with E-state index in [0.717, 1.165) is 32.5 Å². The minimum atomic E-state index is -0.814. The van der Waals surface area contributed by atoms with Gasteiger partial charge in [-0.15, -0.1) is 0 Å². The lowest BCUT2D eigenvalue weighted by Crippen LogP contribution is -2.56. The number of nitrogens with one attached hydrogen (secondary N) is 1. The highest BCUT2D eigenvalue weighted by atomic mass is 16.2. The topological polar surface area (TPSA) is 94.3 Å². The molecule has 2 aliphatic heterocycles. The molecule has 134 valence electrons. The fraction of sp³-hybridized carbons (Fsp3) is 0.647. The zero-order valence-corrected chi connectivity index (χ0v) is 14.7. The molecular weight excluding hydrogens is 320 g/mol. The van der Waals surface area contributed by atoms with Gasteiger partial charge >= 0.3 is 6.03 Å². The van der Waals surface area contributed by atoms with Gasteiger partial charge in [0, 0.05) is 31.7 Å². The van der Waals surface area contributed by atoms with Crippen LogP contribution in [-0.2, 0) is 11.3 Å². The van der Waals surface area contributed by atoms with Crippen molar-refractivity contribution in [3.63, 3.8) is 0 Å². The highest BCUT2D eigenvalue weighted by molar-refractivity contribution is 6.07. The van der Waals surface area contributed by atoms with E-state index in [9.17, 15) is 9.59 Å². The van der Waals surface area contributed by atoms with Crippen LogP contribution in [0.1, 0.15) is 32.3 Å². The molecule has 3 amide bonds. The Morgan fingerprint density at radius 1 is 1.44 bits per heavy atom. The van der Waals surface area contributed by atoms with Gasteiger partial charge in [0.2, 0.25) is 0 Å². The van der Waals surface area contributed by atoms with E-state index < -0.39 is 5.54 Å². The smallest absolute Gasteiger partial charge is 0.323 e. The maximum absolute atomic E-state index is 12.7. The molecule has 2 atom stereocenters. The number of amides is 3. The first-order valence-corrected chi connectivity index (χ1v) is 8.77. The monoisotopic (exact) mass is 344 g/mol. The van der Waals surface area contributed by atoms with Crippen LogP contribution in [-0.4, -0.2) is 63.2 Å². The SMILES string of the molecule is CCN1C(=O)NC(C)(C2CCCN(CCn3cc(C#N)cn3)C2)C1=O. The van der Waals surface area contributed by atoms with Gasteiger partial charge in [0.1, 0.15) is 11.6 Å². The van der Waals surface area contributed by atoms with Crippen molar-refractivity contribution >= 4 is 11.9 Å². The van der Waals surface area contributed by atoms with Crippen LogP contribution in [0.25, 0.3) is 0 Å². The standard InChI is InChI=1S/C17H24N6O2/c1-3-23-15(24)17(2,20-16(23)25)14-5-4-6-21(12-14)7-8-22-11-13(9-18)10-19-22/h10-11,14H,3-8,12H2,1-2H3,(H,20,25). The summed E-state index contributed by atoms with van der Waals surface area (Å²) in [7, 11) is 0. The second kappa shape index (κ2) is 6.84. The van der Waals surface area contributed by atoms with Crippen molar-refractivity contribution in [1.29, 1.82) is 5.26 Å². The van der Waals surface area contributed by atoms with Crippen LogP contribution in [0.5, 0.6) is 0 Å². The van der Waals surface area contributed by atoms with E-state index in [0.29, 0.717) is 18.7 Å². The molecule has 2 fully saturated rings. The van der Waals surface area contributed by atoms with Crippen LogP contribution in [0.2, 0.25) is 0 Å². The second-order valence-electron chi connectivity index (χ2n) is 6.93. The van der Waals surface area contributed by atoms with Gasteiger partial charge in [-0.25, -0.2) is 4.79 Å². The largest absolute Gasteiger partial charge is 0.325 e. The van der Waals surface area contributed by atoms with Crippen LogP contribution >= 0.6 is 0 Å². The fourth-order valence-corrected chi connectivity index (χ4v) is 3.80. The van der Waals surface area contributed by atoms with E-state index in [2.05, 4.69) is 21.4 Å². The molecule has 0 aliphatic carbocycles. The van der Waals surface area contributed by atoms with Gasteiger partial charge in [-0.1, -0.05) is 0 Å². The summed E-state index contributed by atoms with van der Waals surface area (Å²) in [6, 6.07) is 1.79. The predicted molar refractivity (Wildman–Crippen MR) is 90.4 cm³/mol. The Morgan fingerprint density at radius 2 is 2.24 bits per heavy atom. The molecular formula is C17H24N6O2. The maximum atomic E-state index is 12.7. The average Bonchev–Trinajstić information content (AvgIpc) is 3.16. The van der Waals surface area contributed by atoms with Crippen LogP contribution in [0.3, 0.4) is 0 Å². The molecule has 8 heteroatoms. The van der Waals surface area contributed by atoms with Crippen molar-refractivity contribution in [2.45, 2.75) is 38.8 Å². The molecule has 2 aliphatic rings. The Hall–Kier alpha value is -2.40. The number of piperidine rings is 1. The zero-order valence-electron chi connectivity index (χ0n) is 14.7. The minimum Gasteiger partial charge on any atom is -0.323 e. The molecule has 3 heterocycles. The average molecular weight is 344 g/mol. The number of aromatic nitrogens is 2. The summed E-state index contributed by atoms with van der Waals surface area (Å²) >= 11 is 0. The highest BCUT2D eigenvalue weighted by Gasteiger charge is 2.52. The number of nitriles is 1. The van der Waals surface area contributed by atoms with E-state index in [-0.39, 0.29) is 17.9 Å². The van der Waals surface area contributed by atoms with Gasteiger partial charge in [-0.05, 0) is 33.2 Å². The summed E-state index contributed by atoms with van der Waals surface area (Å²) in [5, 5.41) is 15.9. The van der Waals surface area contributed by atoms with Crippen LogP contribution in [0, 0.1) is 17.2 Å². The highest BCUT2D eigenvalue weighted by Crippen LogP contribution is 2.32. The molecule has 1 aromatic heterocycles. The molecule has 25 heavy (non-hydrogen) atoms. The van der Waals surface area contributed by atoms with Gasteiger partial charge in [0.05, 0.1) is 18.3 Å². The second-order valence-corrected chi connectivity index (χ2v) is 6.93. The third-order valence-corrected chi connectivity index (χ3v) is 5.35. The normalized spacial score (nSPS) is 27.4. The fourth-order valence-electron chi connectivity index (χ4n) is 3.80. The number of urea groups is 1. The molecule has 0 radical (unpaired) electrons. The van der Waals surface area contributed by atoms with Gasteiger partial charge in [-0.2, -0.15) is 10.4 Å². The molecule has 0 aromatic carbocycles. The number of likely N-dealkylation sites (N-methyl/N-ethyl adjacent to an activating group) is 1. The lowest BCUT2D eigenvalue weighted by molar-refractivity contribution is -0.133. The summed E-state index contributed by atoms with van der Waals surface area (Å²) < 4.78 is 1.77. The zero-order chi connectivity index (χ0) is 18.0. The van der Waals surface area contributed by atoms with Crippen molar-refractivity contribution in [3.05, 3.63) is 18.0 Å². The van der Waals surface area contributed by atoms with Crippen molar-refractivity contribution in [3.8, 4) is 6.07 Å². The number of nitrogens with zero attached hydrogens (tertiary/aromatic N) is 5. The summed E-state index contributed by atoms with van der Waals surface area (Å²) in [5.74, 6) is -0.0147. The first-order chi connectivity index (χ1) is 12.0. The lowest BCUT2D eigenvalue weighted by Gasteiger charge is -2.39. The molecule has 8 nitrogen and oxygen atoms in total. The van der Waals surface area contributed by atoms with E-state index in [1.165, 1.54) is 4.90 Å². The quantitative estimate of drug-likeness (QED) is 0.797. The van der Waals surface area contributed by atoms with Crippen molar-refractivity contribution in [1.82, 2.24) is 24.9 Å². The number of carbonyl (C=O) groups is 2. The molecule has 0 bridgehead atoms. The Labute approximate surface area is 147 Å². The number of imide groups is 1. The molecule has 1 aromatic rings. The molecule has 2 unspecified atom stereocenters. The number of hydrogen-bond donors (Lipinski definition) is 1. The molecule has 0 saturated carbocycles. The Balaban J connectivity index is 1.62. The van der Waals surface area contributed by atoms with Crippen LogP contribution in [0.15, 0.2) is 12.4 Å². The third kappa shape index (κ3) is 3.24. The van der Waals surface area contributed by atoms with E-state index >= 15 is 0 Å². The summed E-state index contributed by atoms with van der Waals surface area (Å²) in [6.45, 7) is 7.31. The van der Waals surface area contributed by atoms with E-state index in [1.54, 1.807) is 17.1 Å². The van der Waals surface area contributed by atoms with Gasteiger partial charge in [-0.3, -0.25) is 14.4 Å². The Kier molecular flexibility index (Phi) is 4.77. The maximum Gasteiger partial charge on any atom is 0.325 e. The van der Waals surface area contributed by atoms with Crippen LogP contribution < -0.4 is 5.32 Å². The predicted octanol–water partition coefficient (Wildman–Crippen LogP) is 0.797. The minimum absolute atomic E-state index is 0.0986. The summed E-state index contributed by atoms with van der Waals surface area (Å²) in [4.78, 5) is 28.3. The lowest BCUT2D eigenvalue weighted by atomic mass is 9.80. The van der Waals surface area contributed by atoms with E-state index in [4.69, 9.17) is 5.26 Å². The Bertz CT molecular complexity index is 708. The van der Waals surface area contributed by atoms with Crippen LogP contribution in [0.4, 0.5) is 4.79 Å². The number of hydrogen-bond acceptors (Lipinski definition) is 5. The first-order valence-electron chi connectivity index (χ1n) is 8.77. The molecule has 2 saturated heterocycles. The number of likely N-dealkylation sites (tertiary alicyclic amines) is 1. The molecule has 1 N–H and O–H groups in total. The van der Waals surface area contributed by atoms with Gasteiger partial charge < -0.3 is 10.2 Å². The number of carbonyl (C=O) groups excluding carboxylic acids is 2.